The first-order valence-corrected chi connectivity index (χ1v) is 8.66. The van der Waals surface area contributed by atoms with Crippen LogP contribution in [0.15, 0.2) is 58.5 Å². The van der Waals surface area contributed by atoms with Gasteiger partial charge in [-0.2, -0.15) is 0 Å². The highest BCUT2D eigenvalue weighted by atomic mass is 35.5. The average molecular weight is 383 g/mol. The van der Waals surface area contributed by atoms with Crippen molar-refractivity contribution in [3.8, 4) is 0 Å². The maximum Gasteiger partial charge on any atom is 0.0838 e. The highest BCUT2D eigenvalue weighted by Crippen LogP contribution is 2.39. The van der Waals surface area contributed by atoms with Gasteiger partial charge in [-0.3, -0.25) is 0 Å². The van der Waals surface area contributed by atoms with Gasteiger partial charge in [0.1, 0.15) is 0 Å². The van der Waals surface area contributed by atoms with Crippen molar-refractivity contribution < 1.29 is 5.11 Å². The van der Waals surface area contributed by atoms with Crippen molar-refractivity contribution in [2.75, 3.05) is 6.61 Å². The zero-order valence-corrected chi connectivity index (χ0v) is 15.7. The first-order valence-electron chi connectivity index (χ1n) is 7.47. The molecular weight excluding hydrogens is 363 g/mol. The summed E-state index contributed by atoms with van der Waals surface area (Å²) in [6.45, 7) is -0.0284. The van der Waals surface area contributed by atoms with Gasteiger partial charge in [0.25, 0.3) is 0 Å². The number of nitrogens with zero attached hydrogens (tertiary/aromatic N) is 1. The molecule has 0 saturated carbocycles. The van der Waals surface area contributed by atoms with Crippen LogP contribution in [0.2, 0.25) is 5.02 Å². The molecule has 3 aromatic rings. The summed E-state index contributed by atoms with van der Waals surface area (Å²) in [6, 6.07) is 15.8. The monoisotopic (exact) mass is 382 g/mol. The lowest BCUT2D eigenvalue weighted by molar-refractivity contribution is 0.265. The van der Waals surface area contributed by atoms with Crippen molar-refractivity contribution in [2.24, 2.45) is 12.8 Å². The third kappa shape index (κ3) is 3.73. The predicted octanol–water partition coefficient (Wildman–Crippen LogP) is 4.27. The molecule has 0 aliphatic carbocycles. The lowest BCUT2D eigenvalue weighted by Gasteiger charge is -2.12. The van der Waals surface area contributed by atoms with Crippen LogP contribution in [0.1, 0.15) is 5.56 Å². The Kier molecular flexibility index (Phi) is 6.61. The van der Waals surface area contributed by atoms with E-state index in [9.17, 15) is 5.11 Å². The first kappa shape index (κ1) is 19.2. The largest absolute Gasteiger partial charge is 0.395 e. The number of hydrogen-bond donors (Lipinski definition) is 2. The van der Waals surface area contributed by atoms with Gasteiger partial charge in [-0.1, -0.05) is 53.7 Å². The number of benzene rings is 2. The summed E-state index contributed by atoms with van der Waals surface area (Å²) < 4.78 is 2.17. The van der Waals surface area contributed by atoms with Gasteiger partial charge in [0.2, 0.25) is 0 Å². The predicted molar refractivity (Wildman–Crippen MR) is 105 cm³/mol. The van der Waals surface area contributed by atoms with Gasteiger partial charge in [-0.05, 0) is 30.2 Å². The molecule has 1 unspecified atom stereocenters. The van der Waals surface area contributed by atoms with E-state index in [-0.39, 0.29) is 25.1 Å². The quantitative estimate of drug-likeness (QED) is 0.692. The zero-order chi connectivity index (χ0) is 16.4. The molecule has 1 aromatic heterocycles. The molecule has 0 radical (unpaired) electrons. The number of aliphatic hydroxyl groups excluding tert-OH is 1. The van der Waals surface area contributed by atoms with E-state index in [0.29, 0.717) is 6.42 Å². The smallest absolute Gasteiger partial charge is 0.0838 e. The van der Waals surface area contributed by atoms with Crippen molar-refractivity contribution in [1.82, 2.24) is 4.57 Å². The number of aliphatic hydroxyl groups is 1. The Morgan fingerprint density at radius 2 is 1.83 bits per heavy atom. The third-order valence-electron chi connectivity index (χ3n) is 3.90. The molecule has 1 heterocycles. The van der Waals surface area contributed by atoms with Crippen molar-refractivity contribution >= 4 is 46.7 Å². The van der Waals surface area contributed by atoms with Gasteiger partial charge in [-0.25, -0.2) is 0 Å². The summed E-state index contributed by atoms with van der Waals surface area (Å²) in [4.78, 5) is 1.01. The first-order chi connectivity index (χ1) is 11.1. The maximum absolute atomic E-state index is 9.34. The number of aromatic nitrogens is 1. The minimum Gasteiger partial charge on any atom is -0.395 e. The zero-order valence-electron chi connectivity index (χ0n) is 13.3. The summed E-state index contributed by atoms with van der Waals surface area (Å²) in [5, 5.41) is 12.4. The van der Waals surface area contributed by atoms with Crippen molar-refractivity contribution in [3.05, 3.63) is 59.1 Å². The average Bonchev–Trinajstić information content (AvgIpc) is 2.83. The number of aryl methyl sites for hydroxylation is 1. The SMILES string of the molecule is Cl.Cn1c(Sc2ccccc2Cl)c(CC(N)CO)c2ccccc21. The second-order valence-corrected chi connectivity index (χ2v) is 6.98. The fraction of sp³-hybridized carbons (Fsp3) is 0.222. The molecule has 0 fully saturated rings. The van der Waals surface area contributed by atoms with E-state index in [4.69, 9.17) is 17.3 Å². The number of rotatable bonds is 5. The topological polar surface area (TPSA) is 51.2 Å². The maximum atomic E-state index is 9.34. The Morgan fingerprint density at radius 1 is 1.17 bits per heavy atom. The molecule has 0 spiro atoms. The van der Waals surface area contributed by atoms with Gasteiger partial charge in [-0.15, -0.1) is 12.4 Å². The summed E-state index contributed by atoms with van der Waals surface area (Å²) in [7, 11) is 2.05. The van der Waals surface area contributed by atoms with E-state index in [0.717, 1.165) is 26.0 Å². The lowest BCUT2D eigenvalue weighted by Crippen LogP contribution is -2.27. The molecule has 0 amide bonds. The third-order valence-corrected chi connectivity index (χ3v) is 5.63. The number of nitrogens with two attached hydrogens (primary N) is 1. The van der Waals surface area contributed by atoms with E-state index >= 15 is 0 Å². The minimum absolute atomic E-state index is 0. The molecule has 0 aliphatic rings. The molecule has 2 aromatic carbocycles. The van der Waals surface area contributed by atoms with Crippen molar-refractivity contribution in [2.45, 2.75) is 22.4 Å². The van der Waals surface area contributed by atoms with Crippen LogP contribution < -0.4 is 5.73 Å². The van der Waals surface area contributed by atoms with Crippen molar-refractivity contribution in [3.63, 3.8) is 0 Å². The van der Waals surface area contributed by atoms with Crippen LogP contribution in [0.3, 0.4) is 0 Å². The molecule has 3 nitrogen and oxygen atoms in total. The Labute approximate surface area is 157 Å². The highest BCUT2D eigenvalue weighted by molar-refractivity contribution is 7.99. The van der Waals surface area contributed by atoms with Crippen LogP contribution >= 0.6 is 35.8 Å². The van der Waals surface area contributed by atoms with E-state index in [2.05, 4.69) is 23.7 Å². The van der Waals surface area contributed by atoms with Crippen LogP contribution in [0.4, 0.5) is 0 Å². The van der Waals surface area contributed by atoms with E-state index in [1.165, 1.54) is 5.39 Å². The van der Waals surface area contributed by atoms with Crippen LogP contribution in [0.25, 0.3) is 10.9 Å². The molecule has 0 bridgehead atoms. The van der Waals surface area contributed by atoms with Gasteiger partial charge < -0.3 is 15.4 Å². The molecule has 128 valence electrons. The van der Waals surface area contributed by atoms with Gasteiger partial charge >= 0.3 is 0 Å². The number of fused-ring (bicyclic) bond motifs is 1. The lowest BCUT2D eigenvalue weighted by atomic mass is 10.1. The van der Waals surface area contributed by atoms with E-state index in [1.54, 1.807) is 11.8 Å². The molecule has 6 heteroatoms. The molecule has 0 aliphatic heterocycles. The van der Waals surface area contributed by atoms with E-state index in [1.807, 2.05) is 36.4 Å². The second kappa shape index (κ2) is 8.28. The van der Waals surface area contributed by atoms with Crippen LogP contribution in [-0.2, 0) is 13.5 Å². The summed E-state index contributed by atoms with van der Waals surface area (Å²) in [5.41, 5.74) is 8.32. The Balaban J connectivity index is 0.00000208. The van der Waals surface area contributed by atoms with Gasteiger partial charge in [0, 0.05) is 28.9 Å². The van der Waals surface area contributed by atoms with E-state index < -0.39 is 0 Å². The molecule has 3 N–H and O–H groups in total. The van der Waals surface area contributed by atoms with Gasteiger partial charge in [0.05, 0.1) is 16.7 Å². The highest BCUT2D eigenvalue weighted by Gasteiger charge is 2.18. The number of halogens is 2. The minimum atomic E-state index is -0.272. The summed E-state index contributed by atoms with van der Waals surface area (Å²) >= 11 is 7.96. The van der Waals surface area contributed by atoms with Crippen LogP contribution in [0.5, 0.6) is 0 Å². The molecule has 3 rings (SSSR count). The summed E-state index contributed by atoms with van der Waals surface area (Å²) in [5.74, 6) is 0. The molecule has 1 atom stereocenters. The standard InChI is InChI=1S/C18H19ClN2OS.ClH/c1-21-16-8-4-2-6-13(16)14(10-12(20)11-22)18(21)23-17-9-5-3-7-15(17)19;/h2-9,12,22H,10-11,20H2,1H3;1H. The summed E-state index contributed by atoms with van der Waals surface area (Å²) in [6.07, 6.45) is 0.630. The molecular formula is C18H20Cl2N2OS. The number of hydrogen-bond acceptors (Lipinski definition) is 3. The number of para-hydroxylation sites is 1. The molecule has 24 heavy (non-hydrogen) atoms. The van der Waals surface area contributed by atoms with Crippen LogP contribution in [0, 0.1) is 0 Å². The Bertz CT molecular complexity index is 835. The second-order valence-electron chi connectivity index (χ2n) is 5.54. The fourth-order valence-corrected chi connectivity index (χ4v) is 4.06. The fourth-order valence-electron chi connectivity index (χ4n) is 2.73. The van der Waals surface area contributed by atoms with Gasteiger partial charge in [0.15, 0.2) is 0 Å². The normalized spacial score (nSPS) is 12.2. The Morgan fingerprint density at radius 3 is 2.54 bits per heavy atom. The van der Waals surface area contributed by atoms with Crippen molar-refractivity contribution in [1.29, 1.82) is 0 Å². The molecule has 0 saturated heterocycles. The van der Waals surface area contributed by atoms with Crippen LogP contribution in [-0.4, -0.2) is 22.3 Å². The Hall–Kier alpha value is -1.17.